The summed E-state index contributed by atoms with van der Waals surface area (Å²) in [5.41, 5.74) is 0. The lowest BCUT2D eigenvalue weighted by Crippen LogP contribution is -2.46. The first-order valence-electron chi connectivity index (χ1n) is 12.1. The van der Waals surface area contributed by atoms with Gasteiger partial charge in [0.25, 0.3) is 0 Å². The van der Waals surface area contributed by atoms with Crippen molar-refractivity contribution in [2.45, 2.75) is 32.6 Å². The first-order chi connectivity index (χ1) is 18.2. The molecular formula is C17H30N20. The maximum atomic E-state index is 4.15. The van der Waals surface area contributed by atoms with Gasteiger partial charge in [-0.1, -0.05) is 0 Å². The van der Waals surface area contributed by atoms with Gasteiger partial charge in [-0.15, -0.1) is 20.4 Å². The Hall–Kier alpha value is -3.88. The third-order valence-electron chi connectivity index (χ3n) is 6.46. The number of hydrogen-bond acceptors (Lipinski definition) is 16. The van der Waals surface area contributed by atoms with E-state index < -0.39 is 0 Å². The van der Waals surface area contributed by atoms with E-state index in [-0.39, 0.29) is 6.04 Å². The van der Waals surface area contributed by atoms with Crippen molar-refractivity contribution in [2.75, 3.05) is 52.4 Å². The number of aromatic nitrogens is 16. The Morgan fingerprint density at radius 2 is 0.919 bits per heavy atom. The van der Waals surface area contributed by atoms with Crippen LogP contribution >= 0.6 is 0 Å². The minimum Gasteiger partial charge on any atom is -0.293 e. The van der Waals surface area contributed by atoms with E-state index >= 15 is 0 Å². The van der Waals surface area contributed by atoms with Crippen molar-refractivity contribution < 1.29 is 0 Å². The predicted molar refractivity (Wildman–Crippen MR) is 123 cm³/mol. The Bertz CT molecular complexity index is 1060. The molecule has 0 saturated carbocycles. The van der Waals surface area contributed by atoms with E-state index in [0.29, 0.717) is 19.6 Å². The van der Waals surface area contributed by atoms with Crippen LogP contribution in [0.3, 0.4) is 0 Å². The number of hydrogen-bond donors (Lipinski definition) is 4. The zero-order valence-corrected chi connectivity index (χ0v) is 20.5. The second-order valence-electron chi connectivity index (χ2n) is 8.87. The lowest BCUT2D eigenvalue weighted by atomic mass is 10.2. The minimum absolute atomic E-state index is 0.0102. The highest BCUT2D eigenvalue weighted by atomic mass is 15.5. The second-order valence-corrected chi connectivity index (χ2v) is 8.87. The average molecular weight is 515 g/mol. The van der Waals surface area contributed by atoms with Crippen molar-refractivity contribution in [2.24, 2.45) is 0 Å². The first kappa shape index (κ1) is 24.8. The Morgan fingerprint density at radius 3 is 1.27 bits per heavy atom. The molecule has 5 rings (SSSR count). The molecule has 0 aliphatic carbocycles. The van der Waals surface area contributed by atoms with Gasteiger partial charge in [0, 0.05) is 52.4 Å². The van der Waals surface area contributed by atoms with Gasteiger partial charge in [-0.3, -0.25) is 19.6 Å². The summed E-state index contributed by atoms with van der Waals surface area (Å²) in [6.45, 7) is 10.4. The monoisotopic (exact) mass is 514 g/mol. The van der Waals surface area contributed by atoms with Crippen LogP contribution in [-0.2, 0) is 19.6 Å². The maximum Gasteiger partial charge on any atom is 0.165 e. The molecule has 4 aromatic heterocycles. The Balaban J connectivity index is 1.33. The zero-order chi connectivity index (χ0) is 25.3. The Kier molecular flexibility index (Phi) is 8.30. The van der Waals surface area contributed by atoms with Gasteiger partial charge >= 0.3 is 0 Å². The number of H-pyrrole nitrogens is 4. The number of tetrazole rings is 4. The molecule has 1 fully saturated rings. The molecule has 1 saturated heterocycles. The van der Waals surface area contributed by atoms with Gasteiger partial charge in [0.1, 0.15) is 0 Å². The fourth-order valence-electron chi connectivity index (χ4n) is 4.30. The SMILES string of the molecule is CC(c1nnn[nH]1)N1CCN(Cc2nnn[nH]2)CCN(Cc2nnn[nH]2)CCN(Cc2nnn[nH]2)CC1. The molecule has 0 bridgehead atoms. The molecule has 4 aromatic rings. The zero-order valence-electron chi connectivity index (χ0n) is 20.5. The summed E-state index contributed by atoms with van der Waals surface area (Å²) in [6.07, 6.45) is 0. The highest BCUT2D eigenvalue weighted by Gasteiger charge is 2.23. The van der Waals surface area contributed by atoms with E-state index in [1.165, 1.54) is 0 Å². The topological polar surface area (TPSA) is 231 Å². The molecule has 20 nitrogen and oxygen atoms in total. The predicted octanol–water partition coefficient (Wildman–Crippen LogP) is -3.38. The van der Waals surface area contributed by atoms with Gasteiger partial charge in [0.05, 0.1) is 25.7 Å². The number of rotatable bonds is 8. The summed E-state index contributed by atoms with van der Waals surface area (Å²) in [5, 5.41) is 57.8. The average Bonchev–Trinajstić information content (AvgIpc) is 3.72. The van der Waals surface area contributed by atoms with Gasteiger partial charge in [-0.05, 0) is 48.6 Å². The van der Waals surface area contributed by atoms with Crippen molar-refractivity contribution >= 4 is 0 Å². The lowest BCUT2D eigenvalue weighted by Gasteiger charge is -2.35. The number of nitrogens with zero attached hydrogens (tertiary/aromatic N) is 16. The largest absolute Gasteiger partial charge is 0.293 e. The molecule has 0 amide bonds. The molecule has 1 aliphatic heterocycles. The van der Waals surface area contributed by atoms with Gasteiger partial charge in [-0.2, -0.15) is 0 Å². The molecule has 20 heteroatoms. The van der Waals surface area contributed by atoms with E-state index in [0.717, 1.165) is 75.7 Å². The van der Waals surface area contributed by atoms with Gasteiger partial charge in [0.15, 0.2) is 23.3 Å². The fourth-order valence-corrected chi connectivity index (χ4v) is 4.30. The van der Waals surface area contributed by atoms with Crippen molar-refractivity contribution in [1.29, 1.82) is 0 Å². The van der Waals surface area contributed by atoms with Crippen molar-refractivity contribution in [1.82, 2.24) is 102 Å². The molecule has 0 spiro atoms. The third kappa shape index (κ3) is 7.09. The van der Waals surface area contributed by atoms with Crippen LogP contribution in [0.15, 0.2) is 0 Å². The second kappa shape index (κ2) is 12.4. The van der Waals surface area contributed by atoms with Crippen molar-refractivity contribution in [3.8, 4) is 0 Å². The maximum absolute atomic E-state index is 4.15. The van der Waals surface area contributed by atoms with E-state index in [1.807, 2.05) is 0 Å². The minimum atomic E-state index is 0.0102. The molecule has 1 unspecified atom stereocenters. The van der Waals surface area contributed by atoms with Crippen LogP contribution in [-0.4, -0.2) is 154 Å². The Labute approximate surface area is 210 Å². The fraction of sp³-hybridized carbons (Fsp3) is 0.765. The standard InChI is InChI=1S/C17H30N20/c1-13(17-24-32-33-25-17)37-8-6-35(11-15-20-28-29-21-15)4-2-34(10-14-18-26-27-19-14)3-5-36(7-9-37)12-16-22-30-31-23-16/h13H,2-12H2,1H3,(H,18,19,26,27)(H,20,21,28,29)(H,22,23,30,31)(H,24,25,32,33). The summed E-state index contributed by atoms with van der Waals surface area (Å²) >= 11 is 0. The van der Waals surface area contributed by atoms with Gasteiger partial charge in [0.2, 0.25) is 0 Å². The van der Waals surface area contributed by atoms with Crippen LogP contribution in [0.4, 0.5) is 0 Å². The van der Waals surface area contributed by atoms with E-state index in [9.17, 15) is 0 Å². The molecule has 5 heterocycles. The van der Waals surface area contributed by atoms with Crippen molar-refractivity contribution in [3.05, 3.63) is 23.3 Å². The van der Waals surface area contributed by atoms with E-state index in [4.69, 9.17) is 0 Å². The summed E-state index contributed by atoms with van der Waals surface area (Å²) in [6, 6.07) is 0.0102. The third-order valence-corrected chi connectivity index (χ3v) is 6.46. The molecule has 0 aromatic carbocycles. The van der Waals surface area contributed by atoms with Crippen LogP contribution in [0.1, 0.15) is 36.3 Å². The molecule has 0 radical (unpaired) electrons. The molecule has 198 valence electrons. The van der Waals surface area contributed by atoms with Crippen LogP contribution in [0.25, 0.3) is 0 Å². The molecule has 1 aliphatic rings. The summed E-state index contributed by atoms with van der Waals surface area (Å²) in [4.78, 5) is 9.39. The summed E-state index contributed by atoms with van der Waals surface area (Å²) in [7, 11) is 0. The smallest absolute Gasteiger partial charge is 0.165 e. The quantitative estimate of drug-likeness (QED) is 0.180. The van der Waals surface area contributed by atoms with Crippen LogP contribution in [0.2, 0.25) is 0 Å². The van der Waals surface area contributed by atoms with E-state index in [2.05, 4.69) is 109 Å². The van der Waals surface area contributed by atoms with Crippen molar-refractivity contribution in [3.63, 3.8) is 0 Å². The summed E-state index contributed by atoms with van der Waals surface area (Å²) < 4.78 is 0. The van der Waals surface area contributed by atoms with Crippen LogP contribution in [0, 0.1) is 0 Å². The molecular weight excluding hydrogens is 484 g/mol. The summed E-state index contributed by atoms with van der Waals surface area (Å²) in [5.74, 6) is 2.91. The molecule has 1 atom stereocenters. The highest BCUT2D eigenvalue weighted by Crippen LogP contribution is 2.16. The van der Waals surface area contributed by atoms with Gasteiger partial charge < -0.3 is 0 Å². The first-order valence-corrected chi connectivity index (χ1v) is 12.1. The number of aromatic amines is 4. The highest BCUT2D eigenvalue weighted by molar-refractivity contribution is 4.90. The Morgan fingerprint density at radius 1 is 0.541 bits per heavy atom. The van der Waals surface area contributed by atoms with Gasteiger partial charge in [-0.25, -0.2) is 20.4 Å². The van der Waals surface area contributed by atoms with Crippen LogP contribution in [0.5, 0.6) is 0 Å². The van der Waals surface area contributed by atoms with Crippen LogP contribution < -0.4 is 0 Å². The lowest BCUT2D eigenvalue weighted by molar-refractivity contribution is 0.104. The van der Waals surface area contributed by atoms with E-state index in [1.54, 1.807) is 0 Å². The number of nitrogens with one attached hydrogen (secondary N) is 4. The molecule has 37 heavy (non-hydrogen) atoms. The normalized spacial score (nSPS) is 18.9. The molecule has 4 N–H and O–H groups in total.